The van der Waals surface area contributed by atoms with Crippen molar-refractivity contribution in [3.05, 3.63) is 71.8 Å². The molecule has 1 fully saturated rings. The van der Waals surface area contributed by atoms with Gasteiger partial charge in [0.15, 0.2) is 0 Å². The summed E-state index contributed by atoms with van der Waals surface area (Å²) in [6.45, 7) is 0. The van der Waals surface area contributed by atoms with Crippen LogP contribution >= 0.6 is 0 Å². The first-order valence-electron chi connectivity index (χ1n) is 7.66. The summed E-state index contributed by atoms with van der Waals surface area (Å²) in [7, 11) is 0. The summed E-state index contributed by atoms with van der Waals surface area (Å²) < 4.78 is 0. The Morgan fingerprint density at radius 1 is 0.957 bits per heavy atom. The highest BCUT2D eigenvalue weighted by Gasteiger charge is 2.23. The smallest absolute Gasteiger partial charge is 0.251 e. The third-order valence-corrected chi connectivity index (χ3v) is 3.55. The van der Waals surface area contributed by atoms with Crippen LogP contribution in [0.4, 0.5) is 5.69 Å². The zero-order chi connectivity index (χ0) is 16.1. The highest BCUT2D eigenvalue weighted by atomic mass is 16.2. The third-order valence-electron chi connectivity index (χ3n) is 3.55. The van der Waals surface area contributed by atoms with E-state index in [1.807, 2.05) is 42.5 Å². The molecule has 116 valence electrons. The van der Waals surface area contributed by atoms with Crippen LogP contribution in [-0.4, -0.2) is 17.9 Å². The fraction of sp³-hybridized carbons (Fsp3) is 0.158. The number of rotatable bonds is 5. The number of amides is 2. The highest BCUT2D eigenvalue weighted by molar-refractivity contribution is 6.02. The van der Waals surface area contributed by atoms with Gasteiger partial charge in [-0.2, -0.15) is 0 Å². The van der Waals surface area contributed by atoms with Crippen LogP contribution in [0.3, 0.4) is 0 Å². The molecule has 4 nitrogen and oxygen atoms in total. The standard InChI is InChI=1S/C19H18N2O2/c22-18(20-16-4-2-1-3-5-16)13-8-14-6-9-15(10-7-14)19(23)21-17-11-12-17/h1-10,13,17H,11-12H2,(H,20,22)(H,21,23). The maximum absolute atomic E-state index is 11.9. The summed E-state index contributed by atoms with van der Waals surface area (Å²) in [5.41, 5.74) is 2.27. The fourth-order valence-corrected chi connectivity index (χ4v) is 2.12. The van der Waals surface area contributed by atoms with Crippen LogP contribution in [0.15, 0.2) is 60.7 Å². The molecule has 23 heavy (non-hydrogen) atoms. The first kappa shape index (κ1) is 15.0. The van der Waals surface area contributed by atoms with Crippen molar-refractivity contribution in [3.8, 4) is 0 Å². The van der Waals surface area contributed by atoms with E-state index >= 15 is 0 Å². The molecule has 0 saturated heterocycles. The van der Waals surface area contributed by atoms with Gasteiger partial charge in [-0.15, -0.1) is 0 Å². The molecule has 0 atom stereocenters. The molecule has 0 heterocycles. The summed E-state index contributed by atoms with van der Waals surface area (Å²) >= 11 is 0. The quantitative estimate of drug-likeness (QED) is 0.833. The summed E-state index contributed by atoms with van der Waals surface area (Å²) in [5.74, 6) is -0.225. The molecule has 3 rings (SSSR count). The summed E-state index contributed by atoms with van der Waals surface area (Å²) in [6.07, 6.45) is 5.35. The van der Waals surface area contributed by atoms with Gasteiger partial charge in [0, 0.05) is 23.4 Å². The minimum absolute atomic E-state index is 0.0372. The van der Waals surface area contributed by atoms with Crippen molar-refractivity contribution in [1.82, 2.24) is 5.32 Å². The monoisotopic (exact) mass is 306 g/mol. The first-order valence-corrected chi connectivity index (χ1v) is 7.66. The fourth-order valence-electron chi connectivity index (χ4n) is 2.12. The Labute approximate surface area is 135 Å². The predicted octanol–water partition coefficient (Wildman–Crippen LogP) is 3.23. The maximum Gasteiger partial charge on any atom is 0.251 e. The number of nitrogens with one attached hydrogen (secondary N) is 2. The van der Waals surface area contributed by atoms with E-state index in [0.29, 0.717) is 11.6 Å². The van der Waals surface area contributed by atoms with Crippen LogP contribution in [-0.2, 0) is 4.79 Å². The van der Waals surface area contributed by atoms with E-state index in [-0.39, 0.29) is 11.8 Å². The summed E-state index contributed by atoms with van der Waals surface area (Å²) in [5, 5.41) is 5.73. The van der Waals surface area contributed by atoms with E-state index in [1.165, 1.54) is 6.08 Å². The van der Waals surface area contributed by atoms with Gasteiger partial charge >= 0.3 is 0 Å². The van der Waals surface area contributed by atoms with Gasteiger partial charge in [0.2, 0.25) is 5.91 Å². The van der Waals surface area contributed by atoms with Gasteiger partial charge < -0.3 is 10.6 Å². The number of benzene rings is 2. The van der Waals surface area contributed by atoms with Crippen LogP contribution in [0.5, 0.6) is 0 Å². The molecule has 1 aliphatic rings. The van der Waals surface area contributed by atoms with Gasteiger partial charge in [0.25, 0.3) is 5.91 Å². The molecule has 0 bridgehead atoms. The van der Waals surface area contributed by atoms with Gasteiger partial charge in [-0.25, -0.2) is 0 Å². The molecule has 1 saturated carbocycles. The minimum atomic E-state index is -0.188. The van der Waals surface area contributed by atoms with Gasteiger partial charge in [-0.05, 0) is 48.7 Å². The van der Waals surface area contributed by atoms with Crippen molar-refractivity contribution in [2.75, 3.05) is 5.32 Å². The molecule has 1 aliphatic carbocycles. The van der Waals surface area contributed by atoms with Crippen LogP contribution in [0.25, 0.3) is 6.08 Å². The normalized spacial score (nSPS) is 13.7. The number of hydrogen-bond donors (Lipinski definition) is 2. The van der Waals surface area contributed by atoms with Crippen LogP contribution in [0, 0.1) is 0 Å². The Morgan fingerprint density at radius 2 is 1.65 bits per heavy atom. The molecule has 2 N–H and O–H groups in total. The second-order valence-electron chi connectivity index (χ2n) is 5.56. The van der Waals surface area contributed by atoms with Gasteiger partial charge in [-0.3, -0.25) is 9.59 Å². The molecule has 0 aliphatic heterocycles. The van der Waals surface area contributed by atoms with Crippen molar-refractivity contribution in [3.63, 3.8) is 0 Å². The van der Waals surface area contributed by atoms with Crippen LogP contribution in [0.2, 0.25) is 0 Å². The average Bonchev–Trinajstić information content (AvgIpc) is 3.38. The Morgan fingerprint density at radius 3 is 2.30 bits per heavy atom. The van der Waals surface area contributed by atoms with E-state index in [2.05, 4.69) is 10.6 Å². The zero-order valence-electron chi connectivity index (χ0n) is 12.7. The number of para-hydroxylation sites is 1. The molecule has 0 spiro atoms. The largest absolute Gasteiger partial charge is 0.349 e. The number of hydrogen-bond acceptors (Lipinski definition) is 2. The first-order chi connectivity index (χ1) is 11.2. The summed E-state index contributed by atoms with van der Waals surface area (Å²) in [4.78, 5) is 23.7. The second-order valence-corrected chi connectivity index (χ2v) is 5.56. The number of anilines is 1. The Hall–Kier alpha value is -2.88. The SMILES string of the molecule is O=C(C=Cc1ccc(C(=O)NC2CC2)cc1)Nc1ccccc1. The van der Waals surface area contributed by atoms with Crippen molar-refractivity contribution in [2.24, 2.45) is 0 Å². The van der Waals surface area contributed by atoms with E-state index in [4.69, 9.17) is 0 Å². The lowest BCUT2D eigenvalue weighted by Gasteiger charge is -2.03. The van der Waals surface area contributed by atoms with Crippen LogP contribution in [0.1, 0.15) is 28.8 Å². The van der Waals surface area contributed by atoms with E-state index in [0.717, 1.165) is 24.1 Å². The molecule has 2 aromatic rings. The third kappa shape index (κ3) is 4.54. The number of carbonyl (C=O) groups is 2. The Balaban J connectivity index is 1.56. The lowest BCUT2D eigenvalue weighted by molar-refractivity contribution is -0.111. The average molecular weight is 306 g/mol. The highest BCUT2D eigenvalue weighted by Crippen LogP contribution is 2.19. The molecule has 0 radical (unpaired) electrons. The molecule has 0 unspecified atom stereocenters. The van der Waals surface area contributed by atoms with E-state index < -0.39 is 0 Å². The second kappa shape index (κ2) is 6.92. The topological polar surface area (TPSA) is 58.2 Å². The predicted molar refractivity (Wildman–Crippen MR) is 91.0 cm³/mol. The molecular formula is C19H18N2O2. The molecule has 0 aromatic heterocycles. The minimum Gasteiger partial charge on any atom is -0.349 e. The van der Waals surface area contributed by atoms with Crippen molar-refractivity contribution >= 4 is 23.6 Å². The van der Waals surface area contributed by atoms with E-state index in [1.54, 1.807) is 18.2 Å². The maximum atomic E-state index is 11.9. The zero-order valence-corrected chi connectivity index (χ0v) is 12.7. The van der Waals surface area contributed by atoms with Gasteiger partial charge in [0.1, 0.15) is 0 Å². The summed E-state index contributed by atoms with van der Waals surface area (Å²) in [6, 6.07) is 16.8. The van der Waals surface area contributed by atoms with Crippen LogP contribution < -0.4 is 10.6 Å². The van der Waals surface area contributed by atoms with Crippen molar-refractivity contribution < 1.29 is 9.59 Å². The van der Waals surface area contributed by atoms with Crippen molar-refractivity contribution in [2.45, 2.75) is 18.9 Å². The van der Waals surface area contributed by atoms with Gasteiger partial charge in [0.05, 0.1) is 0 Å². The Bertz CT molecular complexity index is 717. The number of carbonyl (C=O) groups excluding carboxylic acids is 2. The molecular weight excluding hydrogens is 288 g/mol. The molecule has 2 aromatic carbocycles. The van der Waals surface area contributed by atoms with Crippen molar-refractivity contribution in [1.29, 1.82) is 0 Å². The Kier molecular flexibility index (Phi) is 4.52. The van der Waals surface area contributed by atoms with Gasteiger partial charge in [-0.1, -0.05) is 30.3 Å². The van der Waals surface area contributed by atoms with E-state index in [9.17, 15) is 9.59 Å². The lowest BCUT2D eigenvalue weighted by Crippen LogP contribution is -2.25. The lowest BCUT2D eigenvalue weighted by atomic mass is 10.1. The molecule has 4 heteroatoms. The molecule has 2 amide bonds.